The number of piperazine rings is 1. The molecular formula is C28H34N4O. The van der Waals surface area contributed by atoms with Crippen LogP contribution in [0.3, 0.4) is 0 Å². The molecule has 2 aliphatic rings. The molecule has 0 aromatic heterocycles. The van der Waals surface area contributed by atoms with Crippen molar-refractivity contribution in [2.75, 3.05) is 48.7 Å². The summed E-state index contributed by atoms with van der Waals surface area (Å²) >= 11 is 0. The quantitative estimate of drug-likeness (QED) is 0.530. The molecule has 1 unspecified atom stereocenters. The average Bonchev–Trinajstić information content (AvgIpc) is 3.23. The van der Waals surface area contributed by atoms with Crippen LogP contribution in [0.15, 0.2) is 66.7 Å². The fourth-order valence-corrected chi connectivity index (χ4v) is 5.11. The lowest BCUT2D eigenvalue weighted by Crippen LogP contribution is -2.46. The van der Waals surface area contributed by atoms with E-state index in [1.165, 1.54) is 28.1 Å². The van der Waals surface area contributed by atoms with Gasteiger partial charge in [-0.15, -0.1) is 0 Å². The van der Waals surface area contributed by atoms with Crippen molar-refractivity contribution >= 4 is 17.1 Å². The zero-order valence-corrected chi connectivity index (χ0v) is 19.6. The zero-order chi connectivity index (χ0) is 22.8. The van der Waals surface area contributed by atoms with Gasteiger partial charge in [0.1, 0.15) is 5.75 Å². The number of nitrogens with one attached hydrogen (secondary N) is 1. The molecule has 0 spiro atoms. The van der Waals surface area contributed by atoms with Crippen LogP contribution in [0.4, 0.5) is 17.1 Å². The number of fused-ring (bicyclic) bond motifs is 1. The predicted octanol–water partition coefficient (Wildman–Crippen LogP) is 4.94. The number of benzene rings is 3. The van der Waals surface area contributed by atoms with Crippen molar-refractivity contribution in [3.8, 4) is 5.75 Å². The second kappa shape index (κ2) is 9.36. The first kappa shape index (κ1) is 21.7. The molecule has 3 aromatic carbocycles. The number of nitrogens with zero attached hydrogens (tertiary/aromatic N) is 2. The number of rotatable bonds is 6. The number of anilines is 3. The summed E-state index contributed by atoms with van der Waals surface area (Å²) in [7, 11) is 0. The van der Waals surface area contributed by atoms with Crippen molar-refractivity contribution in [1.82, 2.24) is 4.90 Å². The van der Waals surface area contributed by atoms with Gasteiger partial charge in [0.05, 0.1) is 11.8 Å². The van der Waals surface area contributed by atoms with E-state index in [2.05, 4.69) is 89.6 Å². The van der Waals surface area contributed by atoms with Gasteiger partial charge in [-0.25, -0.2) is 0 Å². The van der Waals surface area contributed by atoms with Crippen molar-refractivity contribution in [3.63, 3.8) is 0 Å². The summed E-state index contributed by atoms with van der Waals surface area (Å²) < 4.78 is 6.06. The van der Waals surface area contributed by atoms with E-state index in [-0.39, 0.29) is 6.10 Å². The molecule has 5 nitrogen and oxygen atoms in total. The average molecular weight is 443 g/mol. The van der Waals surface area contributed by atoms with Gasteiger partial charge in [-0.1, -0.05) is 42.5 Å². The first-order valence-electron chi connectivity index (χ1n) is 12.0. The molecule has 2 aliphatic heterocycles. The van der Waals surface area contributed by atoms with Gasteiger partial charge in [0.25, 0.3) is 0 Å². The van der Waals surface area contributed by atoms with Gasteiger partial charge >= 0.3 is 0 Å². The standard InChI is InChI=1S/C28H34N4O/c1-20(2)33-28-10-6-5-9-27(28)32-15-13-31(14-16-32)19-21-7-3-4-8-23(21)25-18-30-26-17-22(29)11-12-24(25)26/h3-12,17,20,25,30H,13-16,18-19,29H2,1-2H3. The number of hydrogen-bond acceptors (Lipinski definition) is 5. The van der Waals surface area contributed by atoms with Crippen molar-refractivity contribution < 1.29 is 4.74 Å². The van der Waals surface area contributed by atoms with Gasteiger partial charge in [-0.2, -0.15) is 0 Å². The van der Waals surface area contributed by atoms with Gasteiger partial charge in [-0.05, 0) is 54.8 Å². The van der Waals surface area contributed by atoms with E-state index in [0.29, 0.717) is 5.92 Å². The van der Waals surface area contributed by atoms with Crippen LogP contribution in [0, 0.1) is 0 Å². The summed E-state index contributed by atoms with van der Waals surface area (Å²) in [6.07, 6.45) is 0.176. The highest BCUT2D eigenvalue weighted by molar-refractivity contribution is 5.66. The molecule has 0 saturated carbocycles. The minimum Gasteiger partial charge on any atom is -0.489 e. The van der Waals surface area contributed by atoms with Crippen LogP contribution in [0.25, 0.3) is 0 Å². The molecule has 0 radical (unpaired) electrons. The molecule has 172 valence electrons. The Morgan fingerprint density at radius 3 is 2.52 bits per heavy atom. The summed E-state index contributed by atoms with van der Waals surface area (Å²) in [4.78, 5) is 5.04. The Labute approximate surface area is 197 Å². The highest BCUT2D eigenvalue weighted by Crippen LogP contribution is 2.39. The van der Waals surface area contributed by atoms with Crippen molar-refractivity contribution in [1.29, 1.82) is 0 Å². The summed E-state index contributed by atoms with van der Waals surface area (Å²) in [5.74, 6) is 1.36. The van der Waals surface area contributed by atoms with Crippen molar-refractivity contribution in [2.45, 2.75) is 32.4 Å². The molecule has 1 saturated heterocycles. The van der Waals surface area contributed by atoms with Crippen molar-refractivity contribution in [3.05, 3.63) is 83.4 Å². The normalized spacial score (nSPS) is 18.3. The molecule has 1 fully saturated rings. The number of para-hydroxylation sites is 2. The van der Waals surface area contributed by atoms with E-state index in [1.807, 2.05) is 6.07 Å². The zero-order valence-electron chi connectivity index (χ0n) is 19.6. The third-order valence-electron chi connectivity index (χ3n) is 6.71. The lowest BCUT2D eigenvalue weighted by atomic mass is 9.89. The first-order chi connectivity index (χ1) is 16.1. The topological polar surface area (TPSA) is 53.8 Å². The summed E-state index contributed by atoms with van der Waals surface area (Å²) in [5, 5.41) is 3.55. The Balaban J connectivity index is 1.28. The second-order valence-corrected chi connectivity index (χ2v) is 9.38. The Hall–Kier alpha value is -3.18. The molecule has 5 heteroatoms. The molecule has 5 rings (SSSR count). The maximum absolute atomic E-state index is 6.06. The van der Waals surface area contributed by atoms with Gasteiger partial charge in [0.15, 0.2) is 0 Å². The van der Waals surface area contributed by atoms with E-state index >= 15 is 0 Å². The molecule has 3 aromatic rings. The SMILES string of the molecule is CC(C)Oc1ccccc1N1CCN(Cc2ccccc2C2CNc3cc(N)ccc32)CC1. The molecular weight excluding hydrogens is 408 g/mol. The van der Waals surface area contributed by atoms with Gasteiger partial charge in [-0.3, -0.25) is 4.90 Å². The second-order valence-electron chi connectivity index (χ2n) is 9.38. The monoisotopic (exact) mass is 442 g/mol. The first-order valence-corrected chi connectivity index (χ1v) is 12.0. The Kier molecular flexibility index (Phi) is 6.14. The van der Waals surface area contributed by atoms with E-state index in [1.54, 1.807) is 0 Å². The maximum atomic E-state index is 6.06. The van der Waals surface area contributed by atoms with E-state index in [0.717, 1.165) is 50.7 Å². The van der Waals surface area contributed by atoms with E-state index in [4.69, 9.17) is 10.5 Å². The molecule has 33 heavy (non-hydrogen) atoms. The minimum atomic E-state index is 0.176. The molecule has 0 amide bonds. The van der Waals surface area contributed by atoms with E-state index < -0.39 is 0 Å². The maximum Gasteiger partial charge on any atom is 0.142 e. The van der Waals surface area contributed by atoms with Crippen LogP contribution < -0.4 is 20.7 Å². The van der Waals surface area contributed by atoms with Crippen LogP contribution in [-0.2, 0) is 6.54 Å². The number of nitrogen functional groups attached to an aromatic ring is 1. The van der Waals surface area contributed by atoms with Crippen LogP contribution in [0.2, 0.25) is 0 Å². The lowest BCUT2D eigenvalue weighted by Gasteiger charge is -2.37. The van der Waals surface area contributed by atoms with Crippen molar-refractivity contribution in [2.24, 2.45) is 0 Å². The number of nitrogens with two attached hydrogens (primary N) is 1. The third-order valence-corrected chi connectivity index (χ3v) is 6.71. The smallest absolute Gasteiger partial charge is 0.142 e. The van der Waals surface area contributed by atoms with Gasteiger partial charge < -0.3 is 20.7 Å². The fourth-order valence-electron chi connectivity index (χ4n) is 5.11. The molecule has 0 aliphatic carbocycles. The molecule has 2 heterocycles. The summed E-state index contributed by atoms with van der Waals surface area (Å²) in [6, 6.07) is 23.6. The Bertz CT molecular complexity index is 1100. The Morgan fingerprint density at radius 1 is 0.939 bits per heavy atom. The molecule has 1 atom stereocenters. The highest BCUT2D eigenvalue weighted by Gasteiger charge is 2.27. The predicted molar refractivity (Wildman–Crippen MR) is 137 cm³/mol. The van der Waals surface area contributed by atoms with E-state index in [9.17, 15) is 0 Å². The lowest BCUT2D eigenvalue weighted by molar-refractivity contribution is 0.235. The number of hydrogen-bond donors (Lipinski definition) is 2. The largest absolute Gasteiger partial charge is 0.489 e. The molecule has 0 bridgehead atoms. The van der Waals surface area contributed by atoms with Crippen LogP contribution in [0.1, 0.15) is 36.5 Å². The third kappa shape index (κ3) is 4.64. The van der Waals surface area contributed by atoms with Crippen LogP contribution in [-0.4, -0.2) is 43.7 Å². The van der Waals surface area contributed by atoms with Crippen LogP contribution >= 0.6 is 0 Å². The Morgan fingerprint density at radius 2 is 1.70 bits per heavy atom. The van der Waals surface area contributed by atoms with Gasteiger partial charge in [0.2, 0.25) is 0 Å². The highest BCUT2D eigenvalue weighted by atomic mass is 16.5. The fraction of sp³-hybridized carbons (Fsp3) is 0.357. The summed E-state index contributed by atoms with van der Waals surface area (Å²) in [5.41, 5.74) is 13.4. The number of ether oxygens (including phenoxy) is 1. The molecule has 3 N–H and O–H groups in total. The van der Waals surface area contributed by atoms with Crippen LogP contribution in [0.5, 0.6) is 5.75 Å². The van der Waals surface area contributed by atoms with Gasteiger partial charge in [0, 0.05) is 56.6 Å². The summed E-state index contributed by atoms with van der Waals surface area (Å²) in [6.45, 7) is 10.2. The minimum absolute atomic E-state index is 0.176.